The number of carbonyl (C=O) groups is 3. The summed E-state index contributed by atoms with van der Waals surface area (Å²) in [6.07, 6.45) is 3.02. The van der Waals surface area contributed by atoms with Crippen LogP contribution in [0.4, 0.5) is 4.79 Å². The number of nitrogens with zero attached hydrogens (tertiary/aromatic N) is 4. The van der Waals surface area contributed by atoms with Crippen LogP contribution in [-0.2, 0) is 25.5 Å². The molecule has 1 saturated carbocycles. The number of hydrazine groups is 1. The summed E-state index contributed by atoms with van der Waals surface area (Å²) < 4.78 is 15.4. The van der Waals surface area contributed by atoms with Gasteiger partial charge in [-0.25, -0.2) is 14.6 Å². The maximum atomic E-state index is 13.0. The number of hydrogen-bond acceptors (Lipinski definition) is 11. The number of aromatic nitrogens is 3. The number of nitrogens with one attached hydrogen (secondary N) is 1. The van der Waals surface area contributed by atoms with E-state index in [0.717, 1.165) is 48.1 Å². The second-order valence-electron chi connectivity index (χ2n) is 10.5. The minimum Gasteiger partial charge on any atom is -0.431 e. The van der Waals surface area contributed by atoms with Gasteiger partial charge in [0, 0.05) is 29.1 Å². The average molecular weight is 677 g/mol. The van der Waals surface area contributed by atoms with Crippen LogP contribution < -0.4 is 10.3 Å². The van der Waals surface area contributed by atoms with Crippen molar-refractivity contribution in [3.8, 4) is 11.1 Å². The first-order chi connectivity index (χ1) is 22.1. The predicted molar refractivity (Wildman–Crippen MR) is 167 cm³/mol. The van der Waals surface area contributed by atoms with Gasteiger partial charge in [-0.1, -0.05) is 71.4 Å². The lowest BCUT2D eigenvalue weighted by Crippen LogP contribution is -2.48. The summed E-state index contributed by atoms with van der Waals surface area (Å²) in [5.41, 5.74) is 4.79. The van der Waals surface area contributed by atoms with Gasteiger partial charge in [-0.3, -0.25) is 10.2 Å². The summed E-state index contributed by atoms with van der Waals surface area (Å²) in [5, 5.41) is 20.6. The zero-order chi connectivity index (χ0) is 33.1. The molecule has 246 valence electrons. The summed E-state index contributed by atoms with van der Waals surface area (Å²) in [5.74, 6) is -1.76. The van der Waals surface area contributed by atoms with Crippen molar-refractivity contribution in [1.82, 2.24) is 25.6 Å². The largest absolute Gasteiger partial charge is 0.511 e. The molecule has 4 rings (SSSR count). The molecule has 46 heavy (non-hydrogen) atoms. The summed E-state index contributed by atoms with van der Waals surface area (Å²) in [6, 6.07) is 12.4. The van der Waals surface area contributed by atoms with Crippen LogP contribution in [0.25, 0.3) is 11.1 Å². The summed E-state index contributed by atoms with van der Waals surface area (Å²) in [6.45, 7) is 4.68. The van der Waals surface area contributed by atoms with Crippen molar-refractivity contribution in [1.29, 1.82) is 0 Å². The van der Waals surface area contributed by atoms with Gasteiger partial charge in [0.15, 0.2) is 11.8 Å². The van der Waals surface area contributed by atoms with Crippen molar-refractivity contribution in [2.24, 2.45) is 0 Å². The number of hydrogen-bond donors (Lipinski definition) is 2. The van der Waals surface area contributed by atoms with Crippen LogP contribution >= 0.6 is 23.2 Å². The van der Waals surface area contributed by atoms with Crippen LogP contribution in [0.3, 0.4) is 0 Å². The molecular formula is C31H35Cl2N5O8. The number of halogens is 2. The SMILES string of the molecule is C=CCOn1cc(C(=O)NN(Cc2ccc(-c3cc(Cl)ccc3Cl)cc2)CC(O)C(=O)OC(C)OC(=O)OC2CCCCC2)nn1. The van der Waals surface area contributed by atoms with E-state index in [1.54, 1.807) is 30.3 Å². The van der Waals surface area contributed by atoms with Gasteiger partial charge in [-0.2, -0.15) is 0 Å². The van der Waals surface area contributed by atoms with E-state index in [-0.39, 0.29) is 24.9 Å². The fraction of sp³-hybridized carbons (Fsp3) is 0.387. The van der Waals surface area contributed by atoms with Gasteiger partial charge in [-0.05, 0) is 60.2 Å². The number of esters is 1. The molecule has 2 N–H and O–H groups in total. The van der Waals surface area contributed by atoms with E-state index in [4.69, 9.17) is 42.3 Å². The van der Waals surface area contributed by atoms with E-state index >= 15 is 0 Å². The maximum Gasteiger partial charge on any atom is 0.511 e. The molecule has 1 amide bonds. The van der Waals surface area contributed by atoms with Crippen LogP contribution in [0.2, 0.25) is 10.0 Å². The second kappa shape index (κ2) is 16.9. The van der Waals surface area contributed by atoms with Crippen molar-refractivity contribution in [3.63, 3.8) is 0 Å². The van der Waals surface area contributed by atoms with Crippen LogP contribution in [0.1, 0.15) is 55.1 Å². The molecule has 0 radical (unpaired) electrons. The molecule has 1 fully saturated rings. The Morgan fingerprint density at radius 3 is 2.59 bits per heavy atom. The summed E-state index contributed by atoms with van der Waals surface area (Å²) in [7, 11) is 0. The van der Waals surface area contributed by atoms with Crippen molar-refractivity contribution in [2.75, 3.05) is 13.2 Å². The van der Waals surface area contributed by atoms with E-state index in [1.165, 1.54) is 24.2 Å². The van der Waals surface area contributed by atoms with E-state index in [0.29, 0.717) is 15.6 Å². The van der Waals surface area contributed by atoms with Crippen molar-refractivity contribution >= 4 is 41.2 Å². The van der Waals surface area contributed by atoms with Gasteiger partial charge < -0.3 is 24.2 Å². The summed E-state index contributed by atoms with van der Waals surface area (Å²) >= 11 is 12.5. The highest BCUT2D eigenvalue weighted by Gasteiger charge is 2.27. The molecule has 13 nitrogen and oxygen atoms in total. The average Bonchev–Trinajstić information content (AvgIpc) is 3.51. The smallest absolute Gasteiger partial charge is 0.431 e. The number of rotatable bonds is 14. The predicted octanol–water partition coefficient (Wildman–Crippen LogP) is 4.75. The first-order valence-corrected chi connectivity index (χ1v) is 15.4. The van der Waals surface area contributed by atoms with E-state index in [1.807, 2.05) is 12.1 Å². The summed E-state index contributed by atoms with van der Waals surface area (Å²) in [4.78, 5) is 44.1. The molecule has 2 unspecified atom stereocenters. The topological polar surface area (TPSA) is 154 Å². The van der Waals surface area contributed by atoms with Gasteiger partial charge in [0.2, 0.25) is 6.29 Å². The Morgan fingerprint density at radius 1 is 1.13 bits per heavy atom. The molecule has 0 bridgehead atoms. The molecule has 0 saturated heterocycles. The van der Waals surface area contributed by atoms with Crippen LogP contribution in [0.5, 0.6) is 0 Å². The van der Waals surface area contributed by atoms with Gasteiger partial charge in [-0.15, -0.1) is 5.10 Å². The number of aliphatic hydroxyl groups excluding tert-OH is 1. The Balaban J connectivity index is 1.41. The first-order valence-electron chi connectivity index (χ1n) is 14.6. The minimum absolute atomic E-state index is 0.0561. The molecule has 1 heterocycles. The Hall–Kier alpha value is -4.17. The lowest BCUT2D eigenvalue weighted by Gasteiger charge is -2.26. The van der Waals surface area contributed by atoms with Crippen LogP contribution in [0, 0.1) is 0 Å². The van der Waals surface area contributed by atoms with Crippen molar-refractivity contribution in [3.05, 3.63) is 82.6 Å². The number of amides is 1. The lowest BCUT2D eigenvalue weighted by atomic mass is 9.98. The molecule has 3 aromatic rings. The highest BCUT2D eigenvalue weighted by molar-refractivity contribution is 6.35. The molecule has 1 aliphatic rings. The van der Waals surface area contributed by atoms with Gasteiger partial charge in [0.1, 0.15) is 18.9 Å². The fourth-order valence-corrected chi connectivity index (χ4v) is 5.05. The molecule has 1 aliphatic carbocycles. The Kier molecular flexibility index (Phi) is 12.8. The second-order valence-corrected chi connectivity index (χ2v) is 11.3. The first kappa shape index (κ1) is 34.7. The van der Waals surface area contributed by atoms with E-state index in [9.17, 15) is 19.5 Å². The highest BCUT2D eigenvalue weighted by Crippen LogP contribution is 2.31. The number of ether oxygens (including phenoxy) is 3. The number of carbonyl (C=O) groups excluding carboxylic acids is 3. The standard InChI is InChI=1S/C31H35Cl2N5O8/c1-3-15-43-38-18-27(34-36-38)29(40)35-37(17-21-9-11-22(12-10-21)25-16-23(32)13-14-26(25)33)19-28(39)30(41)44-20(2)45-31(42)46-24-7-5-4-6-8-24/h3,9-14,16,18,20,24,28,39H,1,4-8,15,17,19H2,2H3,(H,35,40). The lowest BCUT2D eigenvalue weighted by molar-refractivity contribution is -0.179. The van der Waals surface area contributed by atoms with Crippen LogP contribution in [-0.4, -0.2) is 75.0 Å². The molecule has 0 aliphatic heterocycles. The van der Waals surface area contributed by atoms with Crippen LogP contribution in [0.15, 0.2) is 61.3 Å². The normalized spacial score (nSPS) is 14.6. The third kappa shape index (κ3) is 10.4. The van der Waals surface area contributed by atoms with Gasteiger partial charge in [0.05, 0.1) is 6.54 Å². The zero-order valence-corrected chi connectivity index (χ0v) is 26.7. The van der Waals surface area contributed by atoms with Crippen molar-refractivity contribution in [2.45, 2.75) is 64.1 Å². The highest BCUT2D eigenvalue weighted by atomic mass is 35.5. The zero-order valence-electron chi connectivity index (χ0n) is 25.1. The van der Waals surface area contributed by atoms with Crippen molar-refractivity contribution < 1.29 is 38.5 Å². The van der Waals surface area contributed by atoms with Gasteiger partial charge in [0.25, 0.3) is 5.91 Å². The quantitative estimate of drug-likeness (QED) is 0.105. The molecule has 1 aromatic heterocycles. The molecule has 2 atom stereocenters. The monoisotopic (exact) mass is 675 g/mol. The number of benzene rings is 2. The third-order valence-electron chi connectivity index (χ3n) is 6.88. The Bertz CT molecular complexity index is 1500. The minimum atomic E-state index is -1.74. The Labute approximate surface area is 275 Å². The molecule has 2 aromatic carbocycles. The Morgan fingerprint density at radius 2 is 1.87 bits per heavy atom. The fourth-order valence-electron chi connectivity index (χ4n) is 4.66. The molecule has 15 heteroatoms. The van der Waals surface area contributed by atoms with E-state index < -0.39 is 37.0 Å². The van der Waals surface area contributed by atoms with Gasteiger partial charge >= 0.3 is 12.1 Å². The molecular weight excluding hydrogens is 641 g/mol. The number of aliphatic hydroxyl groups is 1. The maximum absolute atomic E-state index is 13.0. The third-order valence-corrected chi connectivity index (χ3v) is 7.45. The van der Waals surface area contributed by atoms with E-state index in [2.05, 4.69) is 22.3 Å². The molecule has 0 spiro atoms.